The summed E-state index contributed by atoms with van der Waals surface area (Å²) in [7, 11) is 0. The zero-order valence-corrected chi connectivity index (χ0v) is 21.5. The summed E-state index contributed by atoms with van der Waals surface area (Å²) < 4.78 is 5.75. The monoisotopic (exact) mass is 477 g/mol. The van der Waals surface area contributed by atoms with Gasteiger partial charge in [-0.2, -0.15) is 0 Å². The summed E-state index contributed by atoms with van der Waals surface area (Å²) in [6.07, 6.45) is 6.28. The molecule has 2 heterocycles. The smallest absolute Gasteiger partial charge is 0.309 e. The molecule has 1 unspecified atom stereocenters. The van der Waals surface area contributed by atoms with Crippen molar-refractivity contribution in [3.63, 3.8) is 0 Å². The molecule has 1 aromatic heterocycles. The molecule has 2 N–H and O–H groups in total. The first-order chi connectivity index (χ1) is 15.4. The van der Waals surface area contributed by atoms with Crippen molar-refractivity contribution in [1.82, 2.24) is 4.98 Å². The Hall–Kier alpha value is -1.83. The van der Waals surface area contributed by atoms with Crippen LogP contribution >= 0.6 is 11.3 Å². The second kappa shape index (κ2) is 12.0. The van der Waals surface area contributed by atoms with E-state index in [4.69, 9.17) is 4.74 Å². The van der Waals surface area contributed by atoms with Gasteiger partial charge in [0.05, 0.1) is 34.7 Å². The number of hydrogen-bond donors (Lipinski definition) is 2. The maximum atomic E-state index is 13.1. The van der Waals surface area contributed by atoms with E-state index in [1.54, 1.807) is 32.1 Å². The summed E-state index contributed by atoms with van der Waals surface area (Å²) in [6.45, 7) is 10.8. The third-order valence-electron chi connectivity index (χ3n) is 6.68. The van der Waals surface area contributed by atoms with E-state index in [2.05, 4.69) is 11.1 Å². The highest BCUT2D eigenvalue weighted by Crippen LogP contribution is 2.32. The number of Topliss-reactive ketones (excluding diaryl/α,β-unsaturated/α-hetero) is 1. The predicted molar refractivity (Wildman–Crippen MR) is 132 cm³/mol. The van der Waals surface area contributed by atoms with Crippen molar-refractivity contribution < 1.29 is 24.5 Å². The van der Waals surface area contributed by atoms with E-state index in [1.165, 1.54) is 0 Å². The van der Waals surface area contributed by atoms with Crippen molar-refractivity contribution in [1.29, 1.82) is 0 Å². The molecule has 0 fully saturated rings. The quantitative estimate of drug-likeness (QED) is 0.466. The fourth-order valence-electron chi connectivity index (χ4n) is 4.18. The highest BCUT2D eigenvalue weighted by molar-refractivity contribution is 7.09. The maximum absolute atomic E-state index is 13.1. The Morgan fingerprint density at radius 3 is 2.58 bits per heavy atom. The molecule has 184 valence electrons. The van der Waals surface area contributed by atoms with Crippen LogP contribution in [0.3, 0.4) is 0 Å². The molecule has 0 radical (unpaired) electrons. The first-order valence-electron chi connectivity index (χ1n) is 11.8. The first kappa shape index (κ1) is 27.4. The summed E-state index contributed by atoms with van der Waals surface area (Å²) in [5.74, 6) is -1.48. The Balaban J connectivity index is 2.27. The minimum Gasteiger partial charge on any atom is -0.457 e. The number of thiazole rings is 1. The van der Waals surface area contributed by atoms with Crippen molar-refractivity contribution in [2.24, 2.45) is 17.3 Å². The van der Waals surface area contributed by atoms with Gasteiger partial charge in [-0.3, -0.25) is 9.59 Å². The molecule has 0 amide bonds. The number of aryl methyl sites for hydroxylation is 1. The molecular formula is C26H39NO5S. The fraction of sp³-hybridized carbons (Fsp3) is 0.654. The van der Waals surface area contributed by atoms with E-state index in [-0.39, 0.29) is 18.1 Å². The number of nitrogens with zero attached hydrogens (tertiary/aromatic N) is 1. The minimum atomic E-state index is -1.21. The Morgan fingerprint density at radius 1 is 1.24 bits per heavy atom. The summed E-state index contributed by atoms with van der Waals surface area (Å²) >= 11 is 1.56. The molecule has 6 nitrogen and oxygen atoms in total. The Morgan fingerprint density at radius 2 is 1.94 bits per heavy atom. The lowest BCUT2D eigenvalue weighted by atomic mass is 9.73. The first-order valence-corrected chi connectivity index (χ1v) is 12.7. The Kier molecular flexibility index (Phi) is 10.0. The average Bonchev–Trinajstić information content (AvgIpc) is 3.16. The standard InChI is InChI=1S/C26H39NO5S/c1-16-11-9-7-8-10-12-21(17(2)13-20-15-33-19(4)27-20)32-23(29)14-22(28)26(5,6)25(31)18(3)24(16)30/h8,10,13,15-16,18,21-22,24,28,30H,7,9,11-12,14H2,1-6H3/b10-8-,17-13+/t16?,18-,21+,22+,24+/m1/s1. The van der Waals surface area contributed by atoms with Crippen LogP contribution in [0.15, 0.2) is 23.1 Å². The summed E-state index contributed by atoms with van der Waals surface area (Å²) in [6, 6.07) is 0. The van der Waals surface area contributed by atoms with Crippen LogP contribution < -0.4 is 0 Å². The van der Waals surface area contributed by atoms with Crippen LogP contribution in [0.1, 0.15) is 77.4 Å². The van der Waals surface area contributed by atoms with Gasteiger partial charge in [0.25, 0.3) is 0 Å². The van der Waals surface area contributed by atoms with Crippen LogP contribution in [0.4, 0.5) is 0 Å². The second-order valence-corrected chi connectivity index (χ2v) is 10.9. The van der Waals surface area contributed by atoms with Gasteiger partial charge in [0, 0.05) is 17.7 Å². The highest BCUT2D eigenvalue weighted by Gasteiger charge is 2.42. The third kappa shape index (κ3) is 7.59. The molecule has 0 spiro atoms. The van der Waals surface area contributed by atoms with Gasteiger partial charge in [0.15, 0.2) is 0 Å². The number of rotatable bonds is 2. The lowest BCUT2D eigenvalue weighted by Crippen LogP contribution is -2.45. The predicted octanol–water partition coefficient (Wildman–Crippen LogP) is 4.88. The molecule has 1 aliphatic rings. The fourth-order valence-corrected chi connectivity index (χ4v) is 4.75. The molecule has 33 heavy (non-hydrogen) atoms. The van der Waals surface area contributed by atoms with E-state index in [0.717, 1.165) is 35.5 Å². The molecule has 1 aromatic rings. The number of esters is 1. The number of aromatic nitrogens is 1. The topological polar surface area (TPSA) is 96.7 Å². The van der Waals surface area contributed by atoms with Gasteiger partial charge in [-0.1, -0.05) is 39.8 Å². The molecule has 0 aromatic carbocycles. The molecule has 2 rings (SSSR count). The summed E-state index contributed by atoms with van der Waals surface area (Å²) in [5.41, 5.74) is 0.513. The van der Waals surface area contributed by atoms with Gasteiger partial charge in [0.2, 0.25) is 0 Å². The lowest BCUT2D eigenvalue weighted by molar-refractivity contribution is -0.154. The lowest BCUT2D eigenvalue weighted by Gasteiger charge is -2.34. The molecule has 7 heteroatoms. The Labute approximate surface area is 201 Å². The highest BCUT2D eigenvalue weighted by atomic mass is 32.1. The van der Waals surface area contributed by atoms with Crippen LogP contribution in [0.25, 0.3) is 6.08 Å². The van der Waals surface area contributed by atoms with E-state index in [9.17, 15) is 19.8 Å². The number of ketones is 1. The number of hydrogen-bond acceptors (Lipinski definition) is 7. The normalized spacial score (nSPS) is 31.8. The van der Waals surface area contributed by atoms with Gasteiger partial charge in [-0.15, -0.1) is 11.3 Å². The second-order valence-electron chi connectivity index (χ2n) is 9.86. The van der Waals surface area contributed by atoms with Crippen molar-refractivity contribution in [2.45, 2.75) is 92.0 Å². The van der Waals surface area contributed by atoms with Crippen LogP contribution in [0.5, 0.6) is 0 Å². The van der Waals surface area contributed by atoms with Crippen LogP contribution in [0.2, 0.25) is 0 Å². The van der Waals surface area contributed by atoms with Crippen molar-refractivity contribution >= 4 is 29.2 Å². The molecule has 0 saturated carbocycles. The SMILES string of the molecule is C/C(=C\c1csc(C)n1)[C@@H]1C/C=C\CCCC(C)[C@H](O)[C@@H](C)C(=O)C(C)(C)[C@@H](O)CC(=O)O1. The third-order valence-corrected chi connectivity index (χ3v) is 7.47. The number of ether oxygens (including phenoxy) is 1. The molecule has 0 bridgehead atoms. The number of aliphatic hydroxyl groups excluding tert-OH is 2. The zero-order valence-electron chi connectivity index (χ0n) is 20.7. The van der Waals surface area contributed by atoms with Crippen molar-refractivity contribution in [2.75, 3.05) is 0 Å². The van der Waals surface area contributed by atoms with Gasteiger partial charge < -0.3 is 14.9 Å². The van der Waals surface area contributed by atoms with E-state index < -0.39 is 35.6 Å². The average molecular weight is 478 g/mol. The minimum absolute atomic E-state index is 0.0392. The number of carbonyl (C=O) groups is 2. The van der Waals surface area contributed by atoms with Gasteiger partial charge in [-0.05, 0) is 50.7 Å². The van der Waals surface area contributed by atoms with Crippen LogP contribution in [-0.2, 0) is 14.3 Å². The summed E-state index contributed by atoms with van der Waals surface area (Å²) in [5, 5.41) is 24.4. The van der Waals surface area contributed by atoms with Gasteiger partial charge in [-0.25, -0.2) is 4.98 Å². The van der Waals surface area contributed by atoms with Crippen molar-refractivity contribution in [3.8, 4) is 0 Å². The number of allylic oxidation sites excluding steroid dienone is 1. The van der Waals surface area contributed by atoms with E-state index in [0.29, 0.717) is 6.42 Å². The Bertz CT molecular complexity index is 872. The van der Waals surface area contributed by atoms with Gasteiger partial charge in [0.1, 0.15) is 11.9 Å². The summed E-state index contributed by atoms with van der Waals surface area (Å²) in [4.78, 5) is 30.3. The largest absolute Gasteiger partial charge is 0.457 e. The number of carbonyl (C=O) groups excluding carboxylic acids is 2. The van der Waals surface area contributed by atoms with Crippen LogP contribution in [-0.4, -0.2) is 45.3 Å². The molecule has 1 aliphatic heterocycles. The van der Waals surface area contributed by atoms with E-state index >= 15 is 0 Å². The number of aliphatic hydroxyl groups is 2. The molecule has 5 atom stereocenters. The molecule has 0 aliphatic carbocycles. The molecular weight excluding hydrogens is 438 g/mol. The zero-order chi connectivity index (χ0) is 24.8. The van der Waals surface area contributed by atoms with Crippen LogP contribution in [0, 0.1) is 24.2 Å². The van der Waals surface area contributed by atoms with E-state index in [1.807, 2.05) is 38.3 Å². The maximum Gasteiger partial charge on any atom is 0.309 e. The molecule has 0 saturated heterocycles. The number of cyclic esters (lactones) is 1. The van der Waals surface area contributed by atoms with Gasteiger partial charge >= 0.3 is 5.97 Å². The van der Waals surface area contributed by atoms with Crippen molar-refractivity contribution in [3.05, 3.63) is 33.8 Å².